The summed E-state index contributed by atoms with van der Waals surface area (Å²) in [5, 5.41) is 16.7. The van der Waals surface area contributed by atoms with Crippen LogP contribution in [-0.4, -0.2) is 44.9 Å². The first kappa shape index (κ1) is 16.6. The van der Waals surface area contributed by atoms with Crippen LogP contribution in [0, 0.1) is 11.3 Å². The van der Waals surface area contributed by atoms with Crippen LogP contribution >= 0.6 is 0 Å². The molecule has 26 heavy (non-hydrogen) atoms. The maximum absolute atomic E-state index is 12.5. The molecular formula is C19H22N4O3. The van der Waals surface area contributed by atoms with Crippen molar-refractivity contribution in [2.75, 3.05) is 13.1 Å². The molecule has 2 amide bonds. The molecule has 1 saturated carbocycles. The summed E-state index contributed by atoms with van der Waals surface area (Å²) in [4.78, 5) is 25.9. The van der Waals surface area contributed by atoms with E-state index in [0.29, 0.717) is 26.1 Å². The average molecular weight is 354 g/mol. The second-order valence-electron chi connectivity index (χ2n) is 7.21. The fourth-order valence-electron chi connectivity index (χ4n) is 4.27. The standard InChI is InChI=1S/C19H22N4O3/c24-17(25)19-8-1-3-15(19)12-22(13-19)18(26)20-11-14-4-6-16(7-5-14)23-10-2-9-21-23/h2,4-7,9-10,15H,1,3,8,11-13H2,(H,20,26)(H,24,25)/t15-,19+/m0/s1. The Balaban J connectivity index is 1.35. The van der Waals surface area contributed by atoms with Crippen LogP contribution in [0.25, 0.3) is 5.69 Å². The SMILES string of the molecule is O=C(NCc1ccc(-n2cccn2)cc1)N1C[C@@H]2CCC[C@@]2(C(=O)O)C1. The summed E-state index contributed by atoms with van der Waals surface area (Å²) < 4.78 is 1.77. The van der Waals surface area contributed by atoms with Crippen molar-refractivity contribution in [2.45, 2.75) is 25.8 Å². The number of amides is 2. The number of aliphatic carboxylic acids is 1. The number of nitrogens with zero attached hydrogens (tertiary/aromatic N) is 3. The quantitative estimate of drug-likeness (QED) is 0.882. The van der Waals surface area contributed by atoms with Gasteiger partial charge in [0, 0.05) is 32.0 Å². The lowest BCUT2D eigenvalue weighted by Gasteiger charge is -2.23. The third-order valence-electron chi connectivity index (χ3n) is 5.73. The number of carbonyl (C=O) groups excluding carboxylic acids is 1. The Morgan fingerprint density at radius 2 is 2.12 bits per heavy atom. The highest BCUT2D eigenvalue weighted by molar-refractivity contribution is 5.80. The fourth-order valence-corrected chi connectivity index (χ4v) is 4.27. The maximum atomic E-state index is 12.5. The first-order valence-electron chi connectivity index (χ1n) is 8.94. The van der Waals surface area contributed by atoms with E-state index in [4.69, 9.17) is 0 Å². The van der Waals surface area contributed by atoms with Crippen molar-refractivity contribution in [2.24, 2.45) is 11.3 Å². The fraction of sp³-hybridized carbons (Fsp3) is 0.421. The number of hydrogen-bond acceptors (Lipinski definition) is 3. The minimum Gasteiger partial charge on any atom is -0.481 e. The molecule has 7 heteroatoms. The molecule has 4 rings (SSSR count). The van der Waals surface area contributed by atoms with E-state index in [1.54, 1.807) is 15.8 Å². The number of aromatic nitrogens is 2. The number of carbonyl (C=O) groups is 2. The van der Waals surface area contributed by atoms with Gasteiger partial charge in [0.2, 0.25) is 0 Å². The predicted octanol–water partition coefficient (Wildman–Crippen LogP) is 2.27. The highest BCUT2D eigenvalue weighted by Crippen LogP contribution is 2.48. The van der Waals surface area contributed by atoms with E-state index >= 15 is 0 Å². The van der Waals surface area contributed by atoms with Crippen molar-refractivity contribution in [3.05, 3.63) is 48.3 Å². The Morgan fingerprint density at radius 3 is 2.77 bits per heavy atom. The zero-order valence-corrected chi connectivity index (χ0v) is 14.5. The van der Waals surface area contributed by atoms with Gasteiger partial charge < -0.3 is 15.3 Å². The molecule has 1 aliphatic carbocycles. The largest absolute Gasteiger partial charge is 0.481 e. The molecule has 2 N–H and O–H groups in total. The lowest BCUT2D eigenvalue weighted by atomic mass is 9.81. The zero-order chi connectivity index (χ0) is 18.1. The molecule has 1 saturated heterocycles. The molecule has 7 nitrogen and oxygen atoms in total. The van der Waals surface area contributed by atoms with Crippen molar-refractivity contribution in [1.82, 2.24) is 20.0 Å². The van der Waals surface area contributed by atoms with Gasteiger partial charge in [0.15, 0.2) is 0 Å². The third-order valence-corrected chi connectivity index (χ3v) is 5.73. The van der Waals surface area contributed by atoms with Gasteiger partial charge in [-0.05, 0) is 42.5 Å². The van der Waals surface area contributed by atoms with Crippen LogP contribution in [-0.2, 0) is 11.3 Å². The van der Waals surface area contributed by atoms with Crippen LogP contribution in [0.4, 0.5) is 4.79 Å². The van der Waals surface area contributed by atoms with E-state index in [-0.39, 0.29) is 11.9 Å². The first-order valence-corrected chi connectivity index (χ1v) is 8.94. The van der Waals surface area contributed by atoms with Crippen molar-refractivity contribution in [3.8, 4) is 5.69 Å². The summed E-state index contributed by atoms with van der Waals surface area (Å²) in [6.07, 6.45) is 6.11. The van der Waals surface area contributed by atoms with Gasteiger partial charge in [-0.15, -0.1) is 0 Å². The van der Waals surface area contributed by atoms with Crippen LogP contribution in [0.3, 0.4) is 0 Å². The number of urea groups is 1. The Morgan fingerprint density at radius 1 is 1.31 bits per heavy atom. The monoisotopic (exact) mass is 354 g/mol. The summed E-state index contributed by atoms with van der Waals surface area (Å²) in [5.74, 6) is -0.677. The molecule has 136 valence electrons. The van der Waals surface area contributed by atoms with Gasteiger partial charge in [-0.2, -0.15) is 5.10 Å². The van der Waals surface area contributed by atoms with E-state index < -0.39 is 11.4 Å². The van der Waals surface area contributed by atoms with Gasteiger partial charge in [0.1, 0.15) is 0 Å². The van der Waals surface area contributed by atoms with Gasteiger partial charge in [-0.3, -0.25) is 4.79 Å². The van der Waals surface area contributed by atoms with E-state index in [1.165, 1.54) is 0 Å². The molecule has 0 radical (unpaired) electrons. The van der Waals surface area contributed by atoms with Gasteiger partial charge >= 0.3 is 12.0 Å². The predicted molar refractivity (Wildman–Crippen MR) is 94.8 cm³/mol. The molecule has 2 aliphatic rings. The molecule has 1 aromatic heterocycles. The van der Waals surface area contributed by atoms with E-state index in [2.05, 4.69) is 10.4 Å². The van der Waals surface area contributed by atoms with Crippen LogP contribution in [0.5, 0.6) is 0 Å². The van der Waals surface area contributed by atoms with Crippen molar-refractivity contribution in [1.29, 1.82) is 0 Å². The van der Waals surface area contributed by atoms with Crippen molar-refractivity contribution < 1.29 is 14.7 Å². The Bertz CT molecular complexity index is 803. The lowest BCUT2D eigenvalue weighted by molar-refractivity contribution is -0.149. The van der Waals surface area contributed by atoms with Gasteiger partial charge in [-0.25, -0.2) is 9.48 Å². The minimum atomic E-state index is -0.760. The zero-order valence-electron chi connectivity index (χ0n) is 14.5. The van der Waals surface area contributed by atoms with Crippen molar-refractivity contribution in [3.63, 3.8) is 0 Å². The number of benzene rings is 1. The Kier molecular flexibility index (Phi) is 4.14. The number of nitrogens with one attached hydrogen (secondary N) is 1. The minimum absolute atomic E-state index is 0.0825. The number of likely N-dealkylation sites (tertiary alicyclic amines) is 1. The number of rotatable bonds is 4. The summed E-state index contributed by atoms with van der Waals surface area (Å²) in [6, 6.07) is 9.49. The molecule has 2 fully saturated rings. The molecule has 0 unspecified atom stereocenters. The van der Waals surface area contributed by atoms with E-state index in [1.807, 2.05) is 36.5 Å². The normalized spacial score (nSPS) is 24.5. The van der Waals surface area contributed by atoms with Crippen molar-refractivity contribution >= 4 is 12.0 Å². The third kappa shape index (κ3) is 2.83. The number of hydrogen-bond donors (Lipinski definition) is 2. The van der Waals surface area contributed by atoms with E-state index in [0.717, 1.165) is 24.1 Å². The van der Waals surface area contributed by atoms with Gasteiger partial charge in [0.25, 0.3) is 0 Å². The lowest BCUT2D eigenvalue weighted by Crippen LogP contribution is -2.41. The van der Waals surface area contributed by atoms with Gasteiger partial charge in [-0.1, -0.05) is 18.6 Å². The molecular weight excluding hydrogens is 332 g/mol. The molecule has 2 atom stereocenters. The highest BCUT2D eigenvalue weighted by atomic mass is 16.4. The van der Waals surface area contributed by atoms with E-state index in [9.17, 15) is 14.7 Å². The average Bonchev–Trinajstić information content (AvgIpc) is 3.35. The molecule has 0 bridgehead atoms. The summed E-state index contributed by atoms with van der Waals surface area (Å²) >= 11 is 0. The summed E-state index contributed by atoms with van der Waals surface area (Å²) in [6.45, 7) is 1.27. The summed E-state index contributed by atoms with van der Waals surface area (Å²) in [5.41, 5.74) is 1.21. The number of carboxylic acid groups (broad SMARTS) is 1. The second kappa shape index (κ2) is 6.48. The topological polar surface area (TPSA) is 87.5 Å². The molecule has 1 aliphatic heterocycles. The first-order chi connectivity index (χ1) is 12.6. The maximum Gasteiger partial charge on any atom is 0.317 e. The van der Waals surface area contributed by atoms with Crippen LogP contribution < -0.4 is 5.32 Å². The summed E-state index contributed by atoms with van der Waals surface area (Å²) in [7, 11) is 0. The smallest absolute Gasteiger partial charge is 0.317 e. The van der Waals surface area contributed by atoms with Crippen LogP contribution in [0.1, 0.15) is 24.8 Å². The molecule has 1 aromatic carbocycles. The molecule has 2 heterocycles. The molecule has 2 aromatic rings. The highest BCUT2D eigenvalue weighted by Gasteiger charge is 2.55. The number of fused-ring (bicyclic) bond motifs is 1. The Hall–Kier alpha value is -2.83. The molecule has 0 spiro atoms. The second-order valence-corrected chi connectivity index (χ2v) is 7.21. The Labute approximate surface area is 151 Å². The van der Waals surface area contributed by atoms with Crippen LogP contribution in [0.15, 0.2) is 42.7 Å². The van der Waals surface area contributed by atoms with Gasteiger partial charge in [0.05, 0.1) is 11.1 Å². The number of carboxylic acids is 1. The van der Waals surface area contributed by atoms with Crippen LogP contribution in [0.2, 0.25) is 0 Å².